The van der Waals surface area contributed by atoms with Crippen molar-refractivity contribution in [2.24, 2.45) is 5.84 Å². The lowest BCUT2D eigenvalue weighted by atomic mass is 10.0. The molecule has 0 atom stereocenters. The molecule has 0 saturated heterocycles. The van der Waals surface area contributed by atoms with Crippen molar-refractivity contribution in [3.63, 3.8) is 0 Å². The van der Waals surface area contributed by atoms with E-state index in [0.29, 0.717) is 17.3 Å². The molecule has 0 bridgehead atoms. The molecule has 0 amide bonds. The van der Waals surface area contributed by atoms with Crippen LogP contribution in [0, 0.1) is 0 Å². The van der Waals surface area contributed by atoms with E-state index in [9.17, 15) is 13.2 Å². The molecule has 0 unspecified atom stereocenters. The number of fused-ring (bicyclic) bond motifs is 1. The summed E-state index contributed by atoms with van der Waals surface area (Å²) in [5.74, 6) is 6.32. The molecular weight excluding hydrogens is 369 g/mol. The van der Waals surface area contributed by atoms with Crippen LogP contribution in [0.15, 0.2) is 60.7 Å². The van der Waals surface area contributed by atoms with Crippen molar-refractivity contribution in [2.45, 2.75) is 6.18 Å². The number of halogens is 3. The third-order valence-electron chi connectivity index (χ3n) is 4.22. The molecule has 5 N–H and O–H groups in total. The maximum atomic E-state index is 13.4. The van der Waals surface area contributed by atoms with Crippen molar-refractivity contribution in [1.82, 2.24) is 15.2 Å². The van der Waals surface area contributed by atoms with E-state index in [2.05, 4.69) is 25.9 Å². The number of para-hydroxylation sites is 1. The molecule has 0 aliphatic carbocycles. The van der Waals surface area contributed by atoms with Crippen molar-refractivity contribution in [3.05, 3.63) is 66.2 Å². The number of aromatic nitrogens is 3. The Labute approximate surface area is 157 Å². The van der Waals surface area contributed by atoms with E-state index < -0.39 is 11.7 Å². The summed E-state index contributed by atoms with van der Waals surface area (Å²) in [6.45, 7) is 0. The van der Waals surface area contributed by atoms with E-state index in [-0.39, 0.29) is 11.3 Å². The zero-order valence-electron chi connectivity index (χ0n) is 14.4. The van der Waals surface area contributed by atoms with E-state index in [0.717, 1.165) is 17.0 Å². The van der Waals surface area contributed by atoms with Gasteiger partial charge in [0, 0.05) is 17.0 Å². The summed E-state index contributed by atoms with van der Waals surface area (Å²) in [5, 5.41) is 10.9. The van der Waals surface area contributed by atoms with Crippen molar-refractivity contribution in [2.75, 3.05) is 10.7 Å². The molecule has 4 rings (SSSR count). The number of pyridine rings is 1. The Balaban J connectivity index is 1.80. The van der Waals surface area contributed by atoms with Gasteiger partial charge in [-0.1, -0.05) is 30.3 Å². The van der Waals surface area contributed by atoms with E-state index in [4.69, 9.17) is 5.84 Å². The van der Waals surface area contributed by atoms with Crippen molar-refractivity contribution >= 4 is 28.2 Å². The van der Waals surface area contributed by atoms with Crippen LogP contribution in [0.2, 0.25) is 0 Å². The van der Waals surface area contributed by atoms with E-state index in [1.807, 2.05) is 24.3 Å². The molecule has 0 aliphatic heterocycles. The molecule has 4 aromatic rings. The van der Waals surface area contributed by atoms with Gasteiger partial charge in [0.15, 0.2) is 5.82 Å². The highest BCUT2D eigenvalue weighted by atomic mass is 19.4. The van der Waals surface area contributed by atoms with Crippen LogP contribution >= 0.6 is 0 Å². The van der Waals surface area contributed by atoms with E-state index >= 15 is 0 Å². The first kappa shape index (κ1) is 17.8. The number of rotatable bonds is 4. The summed E-state index contributed by atoms with van der Waals surface area (Å²) in [7, 11) is 0. The van der Waals surface area contributed by atoms with Gasteiger partial charge in [0.1, 0.15) is 5.82 Å². The number of benzene rings is 2. The van der Waals surface area contributed by atoms with Gasteiger partial charge in [-0.25, -0.2) is 4.98 Å². The Kier molecular flexibility index (Phi) is 4.36. The number of nitrogen functional groups attached to an aromatic ring is 1. The van der Waals surface area contributed by atoms with Crippen LogP contribution in [0.5, 0.6) is 0 Å². The number of hydrogen-bond acceptors (Lipinski definition) is 5. The smallest absolute Gasteiger partial charge is 0.324 e. The monoisotopic (exact) mass is 384 g/mol. The zero-order chi connectivity index (χ0) is 19.7. The van der Waals surface area contributed by atoms with Crippen molar-refractivity contribution in [1.29, 1.82) is 0 Å². The fraction of sp³-hybridized carbons (Fsp3) is 0.0526. The largest absolute Gasteiger partial charge is 0.417 e. The molecule has 28 heavy (non-hydrogen) atoms. The van der Waals surface area contributed by atoms with Gasteiger partial charge in [-0.15, -0.1) is 0 Å². The topological polar surface area (TPSA) is 91.6 Å². The third-order valence-corrected chi connectivity index (χ3v) is 4.22. The molecule has 0 spiro atoms. The number of nitrogens with one attached hydrogen (secondary N) is 3. The molecule has 142 valence electrons. The first-order chi connectivity index (χ1) is 13.5. The van der Waals surface area contributed by atoms with Gasteiger partial charge in [0.05, 0.1) is 22.5 Å². The molecule has 0 aliphatic rings. The number of nitrogens with zero attached hydrogens (tertiary/aromatic N) is 2. The quantitative estimate of drug-likeness (QED) is 0.303. The molecule has 0 saturated carbocycles. The van der Waals surface area contributed by atoms with Crippen LogP contribution in [-0.4, -0.2) is 15.2 Å². The minimum atomic E-state index is -4.50. The average Bonchev–Trinajstić information content (AvgIpc) is 3.10. The Morgan fingerprint density at radius 3 is 2.50 bits per heavy atom. The maximum absolute atomic E-state index is 13.4. The molecule has 9 heteroatoms. The predicted molar refractivity (Wildman–Crippen MR) is 102 cm³/mol. The molecular formula is C19H15F3N6. The molecule has 2 aromatic heterocycles. The second-order valence-electron chi connectivity index (χ2n) is 6.06. The number of H-pyrrole nitrogens is 1. The minimum absolute atomic E-state index is 0.0398. The Morgan fingerprint density at radius 2 is 1.71 bits per heavy atom. The summed E-state index contributed by atoms with van der Waals surface area (Å²) in [6, 6.07) is 15.8. The summed E-state index contributed by atoms with van der Waals surface area (Å²) in [4.78, 5) is 4.35. The lowest BCUT2D eigenvalue weighted by Crippen LogP contribution is -2.10. The second-order valence-corrected chi connectivity index (χ2v) is 6.06. The van der Waals surface area contributed by atoms with Gasteiger partial charge in [-0.2, -0.15) is 18.3 Å². The molecule has 6 nitrogen and oxygen atoms in total. The maximum Gasteiger partial charge on any atom is 0.417 e. The van der Waals surface area contributed by atoms with Crippen LogP contribution in [0.25, 0.3) is 22.2 Å². The fourth-order valence-electron chi connectivity index (χ4n) is 2.95. The highest BCUT2D eigenvalue weighted by Crippen LogP contribution is 2.37. The molecule has 0 fully saturated rings. The summed E-state index contributed by atoms with van der Waals surface area (Å²) in [5.41, 5.74) is 3.01. The SMILES string of the molecule is NNc1cc(Nc2n[nH]c3ccccc23)nc(-c2ccccc2C(F)(F)F)c1. The van der Waals surface area contributed by atoms with Gasteiger partial charge in [0.2, 0.25) is 0 Å². The normalized spacial score (nSPS) is 11.6. The predicted octanol–water partition coefficient (Wildman–Crippen LogP) is 4.67. The Hall–Kier alpha value is -3.59. The lowest BCUT2D eigenvalue weighted by Gasteiger charge is -2.14. The van der Waals surface area contributed by atoms with Crippen LogP contribution in [-0.2, 0) is 6.18 Å². The minimum Gasteiger partial charge on any atom is -0.324 e. The number of hydrazine groups is 1. The lowest BCUT2D eigenvalue weighted by molar-refractivity contribution is -0.137. The van der Waals surface area contributed by atoms with Gasteiger partial charge >= 0.3 is 6.18 Å². The van der Waals surface area contributed by atoms with Crippen LogP contribution in [0.4, 0.5) is 30.5 Å². The summed E-state index contributed by atoms with van der Waals surface area (Å²) >= 11 is 0. The summed E-state index contributed by atoms with van der Waals surface area (Å²) in [6.07, 6.45) is -4.50. The highest BCUT2D eigenvalue weighted by molar-refractivity contribution is 5.91. The number of alkyl halides is 3. The molecule has 2 heterocycles. The molecule has 2 aromatic carbocycles. The number of anilines is 3. The fourth-order valence-corrected chi connectivity index (χ4v) is 2.95. The van der Waals surface area contributed by atoms with Crippen LogP contribution in [0.1, 0.15) is 5.56 Å². The standard InChI is InChI=1S/C19H15F3N6/c20-19(21,22)14-7-3-1-5-12(14)16-9-11(26-23)10-17(24-16)25-18-13-6-2-4-8-15(13)27-28-18/h1-10H,23H2,(H3,24,25,26,27,28). The van der Waals surface area contributed by atoms with E-state index in [1.54, 1.807) is 6.07 Å². The van der Waals surface area contributed by atoms with Crippen molar-refractivity contribution < 1.29 is 13.2 Å². The molecule has 0 radical (unpaired) electrons. The number of aromatic amines is 1. The summed E-state index contributed by atoms with van der Waals surface area (Å²) < 4.78 is 40.2. The highest BCUT2D eigenvalue weighted by Gasteiger charge is 2.33. The first-order valence-electron chi connectivity index (χ1n) is 8.31. The van der Waals surface area contributed by atoms with Gasteiger partial charge < -0.3 is 10.7 Å². The number of nitrogens with two attached hydrogens (primary N) is 1. The second kappa shape index (κ2) is 6.86. The zero-order valence-corrected chi connectivity index (χ0v) is 14.4. The van der Waals surface area contributed by atoms with Crippen LogP contribution < -0.4 is 16.6 Å². The van der Waals surface area contributed by atoms with Crippen molar-refractivity contribution in [3.8, 4) is 11.3 Å². The first-order valence-corrected chi connectivity index (χ1v) is 8.31. The van der Waals surface area contributed by atoms with E-state index in [1.165, 1.54) is 24.3 Å². The Bertz CT molecular complexity index is 1140. The van der Waals surface area contributed by atoms with Gasteiger partial charge in [-0.3, -0.25) is 10.9 Å². The Morgan fingerprint density at radius 1 is 0.964 bits per heavy atom. The van der Waals surface area contributed by atoms with Crippen LogP contribution in [0.3, 0.4) is 0 Å². The van der Waals surface area contributed by atoms with Gasteiger partial charge in [0.25, 0.3) is 0 Å². The van der Waals surface area contributed by atoms with Gasteiger partial charge in [-0.05, 0) is 24.3 Å². The number of hydrogen-bond donors (Lipinski definition) is 4. The third kappa shape index (κ3) is 3.35. The average molecular weight is 384 g/mol.